The predicted molar refractivity (Wildman–Crippen MR) is 231 cm³/mol. The number of pyridine rings is 1. The summed E-state index contributed by atoms with van der Waals surface area (Å²) in [6.45, 7) is 0. The van der Waals surface area contributed by atoms with Gasteiger partial charge in [-0.05, 0) is 40.5 Å². The number of aromatic nitrogens is 3. The maximum absolute atomic E-state index is 5.37. The van der Waals surface area contributed by atoms with Crippen molar-refractivity contribution in [2.75, 3.05) is 0 Å². The largest absolute Gasteiger partial charge is 0.246 e. The fourth-order valence-electron chi connectivity index (χ4n) is 7.43. The molecule has 0 aliphatic carbocycles. The monoisotopic (exact) mass is 719 g/mol. The molecule has 3 heterocycles. The molecule has 0 fully saturated rings. The molecule has 7 aromatic carbocycles. The summed E-state index contributed by atoms with van der Waals surface area (Å²) in [7, 11) is 0. The van der Waals surface area contributed by atoms with Gasteiger partial charge in [0, 0.05) is 43.5 Å². The highest BCUT2D eigenvalue weighted by Crippen LogP contribution is 2.50. The zero-order chi connectivity index (χ0) is 36.6. The molecule has 258 valence electrons. The molecule has 0 N–H and O–H groups in total. The third kappa shape index (κ3) is 6.19. The van der Waals surface area contributed by atoms with Crippen molar-refractivity contribution < 1.29 is 0 Å². The van der Waals surface area contributed by atoms with Gasteiger partial charge in [-0.1, -0.05) is 182 Å². The third-order valence-electron chi connectivity index (χ3n) is 10.1. The summed E-state index contributed by atoms with van der Waals surface area (Å²) in [4.78, 5) is 16.6. The van der Waals surface area contributed by atoms with Crippen LogP contribution < -0.4 is 0 Å². The first-order valence-corrected chi connectivity index (χ1v) is 19.3. The molecular formula is C51H33N3S. The molecule has 3 nitrogen and oxygen atoms in total. The van der Waals surface area contributed by atoms with E-state index in [1.54, 1.807) is 0 Å². The van der Waals surface area contributed by atoms with Crippen LogP contribution in [0, 0.1) is 0 Å². The molecule has 0 aliphatic rings. The zero-order valence-electron chi connectivity index (χ0n) is 29.8. The lowest BCUT2D eigenvalue weighted by Crippen LogP contribution is -1.95. The van der Waals surface area contributed by atoms with Crippen LogP contribution in [0.25, 0.3) is 98.8 Å². The fourth-order valence-corrected chi connectivity index (χ4v) is 8.78. The molecule has 0 unspecified atom stereocenters. The summed E-state index contributed by atoms with van der Waals surface area (Å²) in [5, 5.41) is 2.42. The lowest BCUT2D eigenvalue weighted by molar-refractivity contribution is 1.18. The minimum Gasteiger partial charge on any atom is -0.246 e. The zero-order valence-corrected chi connectivity index (χ0v) is 30.6. The van der Waals surface area contributed by atoms with Gasteiger partial charge in [-0.2, -0.15) is 0 Å². The third-order valence-corrected chi connectivity index (χ3v) is 11.4. The van der Waals surface area contributed by atoms with Gasteiger partial charge in [0.25, 0.3) is 0 Å². The van der Waals surface area contributed by atoms with E-state index in [0.717, 1.165) is 56.0 Å². The minimum atomic E-state index is 0.711. The van der Waals surface area contributed by atoms with Crippen LogP contribution >= 0.6 is 11.3 Å². The summed E-state index contributed by atoms with van der Waals surface area (Å²) in [5.41, 5.74) is 13.9. The quantitative estimate of drug-likeness (QED) is 0.165. The van der Waals surface area contributed by atoms with Crippen LogP contribution in [0.5, 0.6) is 0 Å². The summed E-state index contributed by atoms with van der Waals surface area (Å²) < 4.78 is 1.19. The average molecular weight is 720 g/mol. The molecule has 3 aromatic heterocycles. The van der Waals surface area contributed by atoms with Gasteiger partial charge in [0.1, 0.15) is 0 Å². The molecule has 4 heteroatoms. The van der Waals surface area contributed by atoms with E-state index >= 15 is 0 Å². The van der Waals surface area contributed by atoms with Gasteiger partial charge in [-0.3, -0.25) is 0 Å². The van der Waals surface area contributed by atoms with Crippen LogP contribution in [0.2, 0.25) is 0 Å². The maximum Gasteiger partial charge on any atom is 0.160 e. The standard InChI is InChI=1S/C51H33N3S/c1-5-16-35(17-6-1)44-33-45(54-51(53-44)39-22-11-4-12-23-39)36-30-28-34(29-31-36)40-24-15-25-41(32-40)48-50-47(42-26-13-14-27-43(42)52-48)46(37-18-7-2-8-19-37)49(55-50)38-20-9-3-10-21-38/h1-33H. The Morgan fingerprint density at radius 1 is 0.345 bits per heavy atom. The van der Waals surface area contributed by atoms with Crippen LogP contribution in [0.4, 0.5) is 0 Å². The highest BCUT2D eigenvalue weighted by atomic mass is 32.1. The Kier molecular flexibility index (Phi) is 8.36. The van der Waals surface area contributed by atoms with Gasteiger partial charge in [0.05, 0.1) is 27.3 Å². The van der Waals surface area contributed by atoms with Crippen molar-refractivity contribution in [3.8, 4) is 77.9 Å². The van der Waals surface area contributed by atoms with Crippen LogP contribution in [-0.4, -0.2) is 15.0 Å². The smallest absolute Gasteiger partial charge is 0.160 e. The van der Waals surface area contributed by atoms with E-state index < -0.39 is 0 Å². The van der Waals surface area contributed by atoms with E-state index in [9.17, 15) is 0 Å². The molecule has 0 amide bonds. The number of para-hydroxylation sites is 1. The first kappa shape index (κ1) is 32.6. The lowest BCUT2D eigenvalue weighted by atomic mass is 9.95. The number of benzene rings is 7. The predicted octanol–water partition coefficient (Wildman–Crippen LogP) is 13.9. The van der Waals surface area contributed by atoms with Gasteiger partial charge in [0.15, 0.2) is 5.82 Å². The van der Waals surface area contributed by atoms with E-state index in [1.165, 1.54) is 37.0 Å². The van der Waals surface area contributed by atoms with Crippen LogP contribution in [0.15, 0.2) is 200 Å². The topological polar surface area (TPSA) is 38.7 Å². The van der Waals surface area contributed by atoms with Crippen molar-refractivity contribution in [2.45, 2.75) is 0 Å². The average Bonchev–Trinajstić information content (AvgIpc) is 3.69. The SMILES string of the molecule is c1ccc(-c2cc(-c3ccc(-c4cccc(-c5nc6ccccc6c6c(-c7ccccc7)c(-c7ccccc7)sc56)c4)cc3)nc(-c3ccccc3)n2)cc1. The van der Waals surface area contributed by atoms with Gasteiger partial charge in [-0.25, -0.2) is 15.0 Å². The fraction of sp³-hybridized carbons (Fsp3) is 0. The van der Waals surface area contributed by atoms with Crippen molar-refractivity contribution in [1.29, 1.82) is 0 Å². The summed E-state index contributed by atoms with van der Waals surface area (Å²) >= 11 is 1.83. The van der Waals surface area contributed by atoms with E-state index in [2.05, 4.69) is 164 Å². The number of hydrogen-bond acceptors (Lipinski definition) is 4. The van der Waals surface area contributed by atoms with Crippen molar-refractivity contribution in [1.82, 2.24) is 15.0 Å². The molecule has 10 aromatic rings. The summed E-state index contributed by atoms with van der Waals surface area (Å²) in [6, 6.07) is 70.2. The van der Waals surface area contributed by atoms with Crippen LogP contribution in [0.1, 0.15) is 0 Å². The first-order valence-electron chi connectivity index (χ1n) is 18.4. The summed E-state index contributed by atoms with van der Waals surface area (Å²) in [5.74, 6) is 0.711. The lowest BCUT2D eigenvalue weighted by Gasteiger charge is -2.11. The number of nitrogens with zero attached hydrogens (tertiary/aromatic N) is 3. The normalized spacial score (nSPS) is 11.3. The minimum absolute atomic E-state index is 0.711. The molecule has 0 saturated carbocycles. The number of fused-ring (bicyclic) bond motifs is 3. The van der Waals surface area contributed by atoms with E-state index in [0.29, 0.717) is 5.82 Å². The molecular weight excluding hydrogens is 687 g/mol. The van der Waals surface area contributed by atoms with Crippen molar-refractivity contribution in [3.63, 3.8) is 0 Å². The molecule has 0 aliphatic heterocycles. The second kappa shape index (κ2) is 14.1. The Hall–Kier alpha value is -7.01. The highest BCUT2D eigenvalue weighted by Gasteiger charge is 2.22. The Balaban J connectivity index is 1.09. The molecule has 10 rings (SSSR count). The van der Waals surface area contributed by atoms with Gasteiger partial charge < -0.3 is 0 Å². The molecule has 55 heavy (non-hydrogen) atoms. The second-order valence-electron chi connectivity index (χ2n) is 13.6. The van der Waals surface area contributed by atoms with Crippen LogP contribution in [0.3, 0.4) is 0 Å². The van der Waals surface area contributed by atoms with Gasteiger partial charge in [-0.15, -0.1) is 11.3 Å². The maximum atomic E-state index is 5.37. The molecule has 0 saturated heterocycles. The van der Waals surface area contributed by atoms with Crippen molar-refractivity contribution >= 4 is 32.3 Å². The van der Waals surface area contributed by atoms with Crippen molar-refractivity contribution in [3.05, 3.63) is 200 Å². The first-order chi connectivity index (χ1) is 27.3. The summed E-state index contributed by atoms with van der Waals surface area (Å²) in [6.07, 6.45) is 0. The Morgan fingerprint density at radius 3 is 1.53 bits per heavy atom. The van der Waals surface area contributed by atoms with E-state index in [1.807, 2.05) is 47.7 Å². The highest BCUT2D eigenvalue weighted by molar-refractivity contribution is 7.23. The van der Waals surface area contributed by atoms with E-state index in [-0.39, 0.29) is 0 Å². The Bertz CT molecular complexity index is 2880. The van der Waals surface area contributed by atoms with Crippen LogP contribution in [-0.2, 0) is 0 Å². The molecule has 0 spiro atoms. The number of hydrogen-bond donors (Lipinski definition) is 0. The molecule has 0 bridgehead atoms. The van der Waals surface area contributed by atoms with Gasteiger partial charge in [0.2, 0.25) is 0 Å². The Labute approximate surface area is 323 Å². The molecule has 0 atom stereocenters. The van der Waals surface area contributed by atoms with E-state index in [4.69, 9.17) is 15.0 Å². The molecule has 0 radical (unpaired) electrons. The van der Waals surface area contributed by atoms with Crippen molar-refractivity contribution in [2.24, 2.45) is 0 Å². The number of rotatable bonds is 7. The Morgan fingerprint density at radius 2 is 0.855 bits per heavy atom. The second-order valence-corrected chi connectivity index (χ2v) is 14.6. The van der Waals surface area contributed by atoms with Gasteiger partial charge >= 0.3 is 0 Å². The number of thiophene rings is 1.